The van der Waals surface area contributed by atoms with E-state index < -0.39 is 5.60 Å². The fourth-order valence-corrected chi connectivity index (χ4v) is 2.00. The normalized spacial score (nSPS) is 17.8. The summed E-state index contributed by atoms with van der Waals surface area (Å²) in [5.74, 6) is 0. The average molecular weight is 309 g/mol. The zero-order valence-electron chi connectivity index (χ0n) is 14.6. The number of epoxide rings is 1. The minimum atomic E-state index is -0.483. The van der Waals surface area contributed by atoms with Crippen LogP contribution in [0.3, 0.4) is 0 Å². The van der Waals surface area contributed by atoms with Crippen molar-refractivity contribution in [3.05, 3.63) is 35.4 Å². The monoisotopic (exact) mass is 309 g/mol. The molecule has 0 radical (unpaired) electrons. The number of hydrogen-bond donors (Lipinski definition) is 1. The lowest BCUT2D eigenvalue weighted by molar-refractivity contribution is 0.0495. The number of carbonyl (C=O) groups is 1. The van der Waals surface area contributed by atoms with Gasteiger partial charge in [-0.25, -0.2) is 4.79 Å². The van der Waals surface area contributed by atoms with Gasteiger partial charge in [0.15, 0.2) is 0 Å². The number of carbonyl (C=O) groups excluding carboxylic acids is 1. The Morgan fingerprint density at radius 3 is 2.36 bits per heavy atom. The molecule has 0 bridgehead atoms. The molecule has 126 valence electrons. The molecule has 1 aliphatic heterocycles. The van der Waals surface area contributed by atoms with Crippen LogP contribution >= 0.6 is 0 Å². The van der Waals surface area contributed by atoms with E-state index in [1.807, 2.05) is 34.6 Å². The summed E-state index contributed by atoms with van der Waals surface area (Å²) in [4.78, 5) is 11.9. The molecule has 1 N–H and O–H groups in total. The maximum Gasteiger partial charge on any atom is 0.407 e. The van der Waals surface area contributed by atoms with Gasteiger partial charge in [-0.15, -0.1) is 0 Å². The van der Waals surface area contributed by atoms with Crippen LogP contribution in [-0.4, -0.2) is 30.4 Å². The summed E-state index contributed by atoms with van der Waals surface area (Å²) in [5.41, 5.74) is 1.93. The van der Waals surface area contributed by atoms with Crippen LogP contribution < -0.4 is 5.32 Å². The van der Waals surface area contributed by atoms with Crippen LogP contribution in [0.25, 0.3) is 0 Å². The largest absolute Gasteiger partial charge is 0.444 e. The summed E-state index contributed by atoms with van der Waals surface area (Å²) in [6, 6.07) is 8.29. The summed E-state index contributed by atoms with van der Waals surface area (Å²) < 4.78 is 10.6. The van der Waals surface area contributed by atoms with Crippen molar-refractivity contribution in [3.8, 4) is 0 Å². The Kier molecular flexibility index (Phi) is 6.88. The highest BCUT2D eigenvalue weighted by Crippen LogP contribution is 2.19. The number of ether oxygens (including phenoxy) is 2. The topological polar surface area (TPSA) is 50.9 Å². The Bertz CT molecular complexity index is 464. The molecular formula is C18H31NO3. The molecule has 2 atom stereocenters. The van der Waals surface area contributed by atoms with E-state index in [4.69, 9.17) is 9.47 Å². The Morgan fingerprint density at radius 1 is 1.36 bits per heavy atom. The SMILES string of the molecule is CC.Cc1ccc(C[C@H](NC(=O)OC(C)(C)C)[C@@H]2CO2)cc1.[HH]. The van der Waals surface area contributed by atoms with Crippen molar-refractivity contribution in [2.45, 2.75) is 65.7 Å². The smallest absolute Gasteiger partial charge is 0.407 e. The standard InChI is InChI=1S/C16H23NO3.C2H6.H2/c1-11-5-7-12(8-6-11)9-13(14-10-19-14)17-15(18)20-16(2,3)4;1-2;/h5-8,13-14H,9-10H2,1-4H3,(H,17,18);1-2H3;1H/t13-,14-;;/m0../s1. The lowest BCUT2D eigenvalue weighted by Gasteiger charge is -2.23. The van der Waals surface area contributed by atoms with Crippen molar-refractivity contribution in [3.63, 3.8) is 0 Å². The first-order valence-electron chi connectivity index (χ1n) is 8.00. The van der Waals surface area contributed by atoms with Gasteiger partial charge in [0.25, 0.3) is 0 Å². The van der Waals surface area contributed by atoms with E-state index in [1.54, 1.807) is 0 Å². The minimum absolute atomic E-state index is 0. The van der Waals surface area contributed by atoms with E-state index >= 15 is 0 Å². The Labute approximate surface area is 135 Å². The second kappa shape index (κ2) is 8.18. The van der Waals surface area contributed by atoms with Crippen molar-refractivity contribution in [2.24, 2.45) is 0 Å². The van der Waals surface area contributed by atoms with Crippen LogP contribution in [0.4, 0.5) is 4.79 Å². The van der Waals surface area contributed by atoms with Gasteiger partial charge in [0.2, 0.25) is 0 Å². The van der Waals surface area contributed by atoms with Gasteiger partial charge in [-0.05, 0) is 39.7 Å². The number of benzene rings is 1. The van der Waals surface area contributed by atoms with Gasteiger partial charge in [-0.3, -0.25) is 0 Å². The van der Waals surface area contributed by atoms with E-state index in [-0.39, 0.29) is 19.7 Å². The first-order valence-corrected chi connectivity index (χ1v) is 8.00. The molecule has 1 aliphatic rings. The summed E-state index contributed by atoms with van der Waals surface area (Å²) >= 11 is 0. The zero-order valence-corrected chi connectivity index (χ0v) is 14.6. The zero-order chi connectivity index (χ0) is 16.8. The van der Waals surface area contributed by atoms with Crippen molar-refractivity contribution in [2.75, 3.05) is 6.61 Å². The maximum atomic E-state index is 11.9. The van der Waals surface area contributed by atoms with Crippen LogP contribution in [0, 0.1) is 6.92 Å². The Morgan fingerprint density at radius 2 is 1.91 bits per heavy atom. The van der Waals surface area contributed by atoms with E-state index in [0.29, 0.717) is 6.61 Å². The molecule has 1 heterocycles. The molecular weight excluding hydrogens is 278 g/mol. The molecule has 0 aliphatic carbocycles. The maximum absolute atomic E-state index is 11.9. The molecule has 4 heteroatoms. The van der Waals surface area contributed by atoms with Gasteiger partial charge >= 0.3 is 6.09 Å². The lowest BCUT2D eigenvalue weighted by atomic mass is 10.0. The van der Waals surface area contributed by atoms with Gasteiger partial charge in [-0.1, -0.05) is 43.7 Å². The van der Waals surface area contributed by atoms with Crippen LogP contribution in [-0.2, 0) is 15.9 Å². The predicted molar refractivity (Wildman–Crippen MR) is 91.2 cm³/mol. The quantitative estimate of drug-likeness (QED) is 0.852. The van der Waals surface area contributed by atoms with Crippen molar-refractivity contribution < 1.29 is 15.7 Å². The third-order valence-electron chi connectivity index (χ3n) is 3.09. The average Bonchev–Trinajstić information content (AvgIpc) is 3.25. The summed E-state index contributed by atoms with van der Waals surface area (Å²) in [5, 5.41) is 2.91. The number of hydrogen-bond acceptors (Lipinski definition) is 3. The molecule has 2 rings (SSSR count). The van der Waals surface area contributed by atoms with Gasteiger partial charge in [0.05, 0.1) is 12.6 Å². The van der Waals surface area contributed by atoms with Gasteiger partial charge in [0, 0.05) is 1.43 Å². The second-order valence-electron chi connectivity index (χ2n) is 6.31. The van der Waals surface area contributed by atoms with E-state index in [1.165, 1.54) is 11.1 Å². The minimum Gasteiger partial charge on any atom is -0.444 e. The first kappa shape index (κ1) is 18.5. The van der Waals surface area contributed by atoms with Gasteiger partial charge in [-0.2, -0.15) is 0 Å². The van der Waals surface area contributed by atoms with Crippen LogP contribution in [0.5, 0.6) is 0 Å². The third-order valence-corrected chi connectivity index (χ3v) is 3.09. The molecule has 4 nitrogen and oxygen atoms in total. The number of alkyl carbamates (subject to hydrolysis) is 1. The van der Waals surface area contributed by atoms with Crippen molar-refractivity contribution in [1.82, 2.24) is 5.32 Å². The van der Waals surface area contributed by atoms with Crippen LogP contribution in [0.2, 0.25) is 0 Å². The van der Waals surface area contributed by atoms with Gasteiger partial charge in [0.1, 0.15) is 11.7 Å². The molecule has 22 heavy (non-hydrogen) atoms. The predicted octanol–water partition coefficient (Wildman–Crippen LogP) is 4.10. The molecule has 0 saturated carbocycles. The highest BCUT2D eigenvalue weighted by atomic mass is 16.6. The second-order valence-corrected chi connectivity index (χ2v) is 6.31. The highest BCUT2D eigenvalue weighted by molar-refractivity contribution is 5.68. The number of nitrogens with one attached hydrogen (secondary N) is 1. The number of aryl methyl sites for hydroxylation is 1. The fourth-order valence-electron chi connectivity index (χ4n) is 2.00. The lowest BCUT2D eigenvalue weighted by Crippen LogP contribution is -2.43. The Hall–Kier alpha value is -1.55. The molecule has 1 fully saturated rings. The first-order chi connectivity index (χ1) is 10.3. The van der Waals surface area contributed by atoms with E-state index in [9.17, 15) is 4.79 Å². The van der Waals surface area contributed by atoms with Crippen molar-refractivity contribution in [1.29, 1.82) is 0 Å². The van der Waals surface area contributed by atoms with Crippen LogP contribution in [0.15, 0.2) is 24.3 Å². The third kappa shape index (κ3) is 6.94. The highest BCUT2D eigenvalue weighted by Gasteiger charge is 2.34. The van der Waals surface area contributed by atoms with E-state index in [2.05, 4.69) is 36.5 Å². The Balaban J connectivity index is 0.00000155. The number of rotatable bonds is 4. The molecule has 1 amide bonds. The summed E-state index contributed by atoms with van der Waals surface area (Å²) in [6.07, 6.45) is 0.471. The molecule has 1 saturated heterocycles. The molecule has 0 unspecified atom stereocenters. The van der Waals surface area contributed by atoms with E-state index in [0.717, 1.165) is 6.42 Å². The molecule has 0 aromatic heterocycles. The summed E-state index contributed by atoms with van der Waals surface area (Å²) in [7, 11) is 0. The molecule has 0 spiro atoms. The van der Waals surface area contributed by atoms with Crippen LogP contribution in [0.1, 0.15) is 47.2 Å². The number of amides is 1. The molecule has 1 aromatic carbocycles. The fraction of sp³-hybridized carbons (Fsp3) is 0.611. The summed E-state index contributed by atoms with van der Waals surface area (Å²) in [6.45, 7) is 12.3. The molecule has 1 aromatic rings. The van der Waals surface area contributed by atoms with Crippen molar-refractivity contribution >= 4 is 6.09 Å². The van der Waals surface area contributed by atoms with Gasteiger partial charge < -0.3 is 14.8 Å².